The first-order valence-electron chi connectivity index (χ1n) is 4.66. The highest BCUT2D eigenvalue weighted by molar-refractivity contribution is 5.67. The smallest absolute Gasteiger partial charge is 0.305 e. The van der Waals surface area contributed by atoms with Crippen LogP contribution in [0.1, 0.15) is 32.6 Å². The Kier molecular flexibility index (Phi) is 11.9. The summed E-state index contributed by atoms with van der Waals surface area (Å²) >= 11 is 0. The first-order valence-corrected chi connectivity index (χ1v) is 4.66. The Morgan fingerprint density at radius 1 is 1.20 bits per heavy atom. The molecular formula is C9H18O6. The van der Waals surface area contributed by atoms with Crippen molar-refractivity contribution >= 4 is 11.9 Å². The van der Waals surface area contributed by atoms with Gasteiger partial charge in [0.05, 0.1) is 12.5 Å². The molecular weight excluding hydrogens is 204 g/mol. The second kappa shape index (κ2) is 10.9. The Labute approximate surface area is 88.2 Å². The van der Waals surface area contributed by atoms with Crippen molar-refractivity contribution < 1.29 is 30.0 Å². The molecule has 0 aliphatic heterocycles. The van der Waals surface area contributed by atoms with Gasteiger partial charge in [-0.3, -0.25) is 9.59 Å². The molecule has 0 rings (SSSR count). The number of carboxylic acid groups (broad SMARTS) is 2. The fourth-order valence-corrected chi connectivity index (χ4v) is 0.576. The van der Waals surface area contributed by atoms with Crippen LogP contribution in [0.15, 0.2) is 0 Å². The number of aliphatic hydroxyl groups excluding tert-OH is 2. The van der Waals surface area contributed by atoms with E-state index in [9.17, 15) is 9.59 Å². The fraction of sp³-hybridized carbons (Fsp3) is 0.778. The standard InChI is InChI=1S/C5H10O3.C4H8O3/c1-2-4(6)3-5(7)8;5-3-1-2-4(6)7/h4,6H,2-3H2,1H3,(H,7,8);5H,1-3H2,(H,6,7). The van der Waals surface area contributed by atoms with Gasteiger partial charge < -0.3 is 20.4 Å². The molecule has 6 nitrogen and oxygen atoms in total. The van der Waals surface area contributed by atoms with Crippen LogP contribution < -0.4 is 0 Å². The number of aliphatic carboxylic acids is 2. The van der Waals surface area contributed by atoms with Crippen molar-refractivity contribution in [2.45, 2.75) is 38.7 Å². The summed E-state index contributed by atoms with van der Waals surface area (Å²) in [5.41, 5.74) is 0. The highest BCUT2D eigenvalue weighted by Gasteiger charge is 2.04. The van der Waals surface area contributed by atoms with E-state index < -0.39 is 18.0 Å². The normalized spacial score (nSPS) is 11.1. The maximum atomic E-state index is 9.81. The van der Waals surface area contributed by atoms with Crippen molar-refractivity contribution in [3.8, 4) is 0 Å². The van der Waals surface area contributed by atoms with Crippen LogP contribution in [0.2, 0.25) is 0 Å². The van der Waals surface area contributed by atoms with Crippen LogP contribution in [-0.2, 0) is 9.59 Å². The average molecular weight is 222 g/mol. The summed E-state index contributed by atoms with van der Waals surface area (Å²) in [4.78, 5) is 19.5. The number of aliphatic hydroxyl groups is 2. The van der Waals surface area contributed by atoms with E-state index in [1.54, 1.807) is 6.92 Å². The van der Waals surface area contributed by atoms with Crippen LogP contribution in [0.4, 0.5) is 0 Å². The summed E-state index contributed by atoms with van der Waals surface area (Å²) in [6, 6.07) is 0. The molecule has 0 aliphatic carbocycles. The molecule has 1 atom stereocenters. The lowest BCUT2D eigenvalue weighted by molar-refractivity contribution is -0.139. The highest BCUT2D eigenvalue weighted by atomic mass is 16.4. The van der Waals surface area contributed by atoms with Crippen molar-refractivity contribution in [2.24, 2.45) is 0 Å². The summed E-state index contributed by atoms with van der Waals surface area (Å²) < 4.78 is 0. The zero-order valence-electron chi connectivity index (χ0n) is 8.72. The fourth-order valence-electron chi connectivity index (χ4n) is 0.576. The van der Waals surface area contributed by atoms with Gasteiger partial charge in [0, 0.05) is 13.0 Å². The van der Waals surface area contributed by atoms with Crippen LogP contribution in [0, 0.1) is 0 Å². The van der Waals surface area contributed by atoms with Gasteiger partial charge in [-0.15, -0.1) is 0 Å². The van der Waals surface area contributed by atoms with Gasteiger partial charge in [-0.1, -0.05) is 6.92 Å². The molecule has 0 saturated heterocycles. The predicted molar refractivity (Wildman–Crippen MR) is 52.5 cm³/mol. The molecule has 15 heavy (non-hydrogen) atoms. The molecule has 0 saturated carbocycles. The number of hydrogen-bond donors (Lipinski definition) is 4. The van der Waals surface area contributed by atoms with Crippen LogP contribution in [0.5, 0.6) is 0 Å². The van der Waals surface area contributed by atoms with Gasteiger partial charge in [0.2, 0.25) is 0 Å². The zero-order chi connectivity index (χ0) is 12.3. The molecule has 1 unspecified atom stereocenters. The van der Waals surface area contributed by atoms with Crippen molar-refractivity contribution in [3.63, 3.8) is 0 Å². The van der Waals surface area contributed by atoms with Gasteiger partial charge in [-0.25, -0.2) is 0 Å². The molecule has 0 heterocycles. The monoisotopic (exact) mass is 222 g/mol. The molecule has 90 valence electrons. The lowest BCUT2D eigenvalue weighted by atomic mass is 10.2. The van der Waals surface area contributed by atoms with Crippen molar-refractivity contribution in [1.82, 2.24) is 0 Å². The van der Waals surface area contributed by atoms with E-state index in [0.717, 1.165) is 0 Å². The molecule has 0 fully saturated rings. The van der Waals surface area contributed by atoms with Crippen molar-refractivity contribution in [3.05, 3.63) is 0 Å². The molecule has 0 amide bonds. The molecule has 0 aromatic heterocycles. The first-order chi connectivity index (χ1) is 6.93. The molecule has 4 N–H and O–H groups in total. The number of carboxylic acids is 2. The van der Waals surface area contributed by atoms with E-state index >= 15 is 0 Å². The van der Waals surface area contributed by atoms with Crippen molar-refractivity contribution in [1.29, 1.82) is 0 Å². The maximum Gasteiger partial charge on any atom is 0.305 e. The largest absolute Gasteiger partial charge is 0.481 e. The minimum atomic E-state index is -0.945. The summed E-state index contributed by atoms with van der Waals surface area (Å²) in [5, 5.41) is 32.7. The molecule has 0 bridgehead atoms. The predicted octanol–water partition coefficient (Wildman–Crippen LogP) is 0.0755. The van der Waals surface area contributed by atoms with E-state index in [2.05, 4.69) is 0 Å². The quantitative estimate of drug-likeness (QED) is 0.505. The van der Waals surface area contributed by atoms with Crippen LogP contribution in [0.25, 0.3) is 0 Å². The maximum absolute atomic E-state index is 9.81. The molecule has 0 aliphatic rings. The SMILES string of the molecule is CCC(O)CC(=O)O.O=C(O)CCCO. The Morgan fingerprint density at radius 3 is 1.87 bits per heavy atom. The van der Waals surface area contributed by atoms with Gasteiger partial charge in [-0.2, -0.15) is 0 Å². The second-order valence-corrected chi connectivity index (χ2v) is 2.88. The number of rotatable bonds is 6. The van der Waals surface area contributed by atoms with Crippen LogP contribution >= 0.6 is 0 Å². The zero-order valence-corrected chi connectivity index (χ0v) is 8.72. The average Bonchev–Trinajstić information content (AvgIpc) is 2.14. The molecule has 6 heteroatoms. The van der Waals surface area contributed by atoms with E-state index in [1.165, 1.54) is 0 Å². The number of carbonyl (C=O) groups is 2. The second-order valence-electron chi connectivity index (χ2n) is 2.88. The minimum absolute atomic E-state index is 0.0354. The van der Waals surface area contributed by atoms with E-state index in [1.807, 2.05) is 0 Å². The summed E-state index contributed by atoms with van der Waals surface area (Å²) in [5.74, 6) is -1.80. The Morgan fingerprint density at radius 2 is 1.73 bits per heavy atom. The molecule has 0 radical (unpaired) electrons. The Balaban J connectivity index is 0. The third-order valence-electron chi connectivity index (χ3n) is 1.43. The third-order valence-corrected chi connectivity index (χ3v) is 1.43. The van der Waals surface area contributed by atoms with Gasteiger partial charge in [0.25, 0.3) is 0 Å². The van der Waals surface area contributed by atoms with Gasteiger partial charge in [0.15, 0.2) is 0 Å². The first kappa shape index (κ1) is 16.3. The summed E-state index contributed by atoms with van der Waals surface area (Å²) in [6.45, 7) is 1.71. The van der Waals surface area contributed by atoms with Gasteiger partial charge in [0.1, 0.15) is 0 Å². The molecule has 0 spiro atoms. The molecule has 0 aromatic carbocycles. The van der Waals surface area contributed by atoms with E-state index in [-0.39, 0.29) is 19.4 Å². The van der Waals surface area contributed by atoms with E-state index in [0.29, 0.717) is 12.8 Å². The lowest BCUT2D eigenvalue weighted by Gasteiger charge is -2.00. The van der Waals surface area contributed by atoms with Crippen LogP contribution in [-0.4, -0.2) is 45.1 Å². The minimum Gasteiger partial charge on any atom is -0.481 e. The Bertz CT molecular complexity index is 179. The Hall–Kier alpha value is -1.14. The molecule has 0 aromatic rings. The number of hydrogen-bond acceptors (Lipinski definition) is 4. The van der Waals surface area contributed by atoms with E-state index in [4.69, 9.17) is 20.4 Å². The summed E-state index contributed by atoms with van der Waals surface area (Å²) in [7, 11) is 0. The van der Waals surface area contributed by atoms with Crippen molar-refractivity contribution in [2.75, 3.05) is 6.61 Å². The van der Waals surface area contributed by atoms with Crippen LogP contribution in [0.3, 0.4) is 0 Å². The third kappa shape index (κ3) is 19.3. The van der Waals surface area contributed by atoms with Gasteiger partial charge in [-0.05, 0) is 12.8 Å². The topological polar surface area (TPSA) is 115 Å². The lowest BCUT2D eigenvalue weighted by Crippen LogP contribution is -2.10. The highest BCUT2D eigenvalue weighted by Crippen LogP contribution is 1.94. The van der Waals surface area contributed by atoms with Gasteiger partial charge >= 0.3 is 11.9 Å². The summed E-state index contributed by atoms with van der Waals surface area (Å²) in [6.07, 6.45) is 0.113.